The maximum Gasteiger partial charge on any atom is 0.211 e. The minimum absolute atomic E-state index is 0.0985. The first-order valence-corrected chi connectivity index (χ1v) is 7.76. The van der Waals surface area contributed by atoms with E-state index in [9.17, 15) is 4.79 Å². The van der Waals surface area contributed by atoms with Gasteiger partial charge in [0.05, 0.1) is 0 Å². The van der Waals surface area contributed by atoms with Crippen molar-refractivity contribution in [1.82, 2.24) is 19.6 Å². The molecule has 23 heavy (non-hydrogen) atoms. The zero-order chi connectivity index (χ0) is 15.8. The first kappa shape index (κ1) is 13.6. The molecule has 4 rings (SSSR count). The summed E-state index contributed by atoms with van der Waals surface area (Å²) in [5.74, 6) is 0.756. The fourth-order valence-electron chi connectivity index (χ4n) is 2.32. The molecular formula is C16H11N5OS. The van der Waals surface area contributed by atoms with Gasteiger partial charge in [0, 0.05) is 22.7 Å². The molecule has 0 fully saturated rings. The highest BCUT2D eigenvalue weighted by atomic mass is 32.1. The lowest BCUT2D eigenvalue weighted by molar-refractivity contribution is 0.103. The number of carbonyl (C=O) groups excluding carboxylic acids is 1. The fraction of sp³-hybridized carbons (Fsp3) is 0. The van der Waals surface area contributed by atoms with Gasteiger partial charge in [-0.1, -0.05) is 30.3 Å². The molecule has 0 spiro atoms. The summed E-state index contributed by atoms with van der Waals surface area (Å²) in [7, 11) is 0. The largest absolute Gasteiger partial charge is 0.384 e. The molecule has 0 saturated heterocycles. The van der Waals surface area contributed by atoms with Crippen molar-refractivity contribution >= 4 is 28.6 Å². The Bertz CT molecular complexity index is 992. The molecule has 0 bridgehead atoms. The van der Waals surface area contributed by atoms with Crippen molar-refractivity contribution in [2.75, 3.05) is 5.73 Å². The van der Waals surface area contributed by atoms with Crippen LogP contribution in [0.1, 0.15) is 15.9 Å². The highest BCUT2D eigenvalue weighted by Gasteiger charge is 2.15. The Morgan fingerprint density at radius 1 is 1.13 bits per heavy atom. The second kappa shape index (κ2) is 5.29. The zero-order valence-electron chi connectivity index (χ0n) is 11.9. The normalized spacial score (nSPS) is 11.0. The van der Waals surface area contributed by atoms with E-state index in [0.29, 0.717) is 33.4 Å². The van der Waals surface area contributed by atoms with Crippen LogP contribution in [-0.4, -0.2) is 25.4 Å². The highest BCUT2D eigenvalue weighted by Crippen LogP contribution is 2.21. The minimum atomic E-state index is -0.0985. The number of pyridine rings is 1. The maximum atomic E-state index is 12.6. The number of fused-ring (bicyclic) bond motifs is 1. The molecule has 2 N–H and O–H groups in total. The van der Waals surface area contributed by atoms with Gasteiger partial charge in [-0.05, 0) is 12.1 Å². The molecule has 0 amide bonds. The van der Waals surface area contributed by atoms with Gasteiger partial charge in [-0.2, -0.15) is 4.52 Å². The van der Waals surface area contributed by atoms with Crippen LogP contribution in [-0.2, 0) is 0 Å². The van der Waals surface area contributed by atoms with Gasteiger partial charge in [-0.15, -0.1) is 16.4 Å². The van der Waals surface area contributed by atoms with Gasteiger partial charge in [0.1, 0.15) is 5.82 Å². The Hall–Kier alpha value is -3.06. The average molecular weight is 321 g/mol. The lowest BCUT2D eigenvalue weighted by atomic mass is 10.0. The smallest absolute Gasteiger partial charge is 0.211 e. The number of thiazole rings is 1. The third-order valence-electron chi connectivity index (χ3n) is 3.39. The number of aromatic nitrogens is 4. The molecule has 0 aliphatic heterocycles. The molecule has 3 heterocycles. The Kier molecular flexibility index (Phi) is 3.13. The summed E-state index contributed by atoms with van der Waals surface area (Å²) in [5.41, 5.74) is 7.65. The van der Waals surface area contributed by atoms with Crippen molar-refractivity contribution in [3.05, 3.63) is 65.2 Å². The lowest BCUT2D eigenvalue weighted by Gasteiger charge is -2.03. The summed E-state index contributed by atoms with van der Waals surface area (Å²) in [5, 5.41) is 6.91. The molecule has 0 atom stereocenters. The second-order valence-electron chi connectivity index (χ2n) is 4.91. The summed E-state index contributed by atoms with van der Waals surface area (Å²) >= 11 is 1.45. The van der Waals surface area contributed by atoms with Gasteiger partial charge < -0.3 is 5.73 Å². The molecule has 3 aromatic heterocycles. The van der Waals surface area contributed by atoms with E-state index in [2.05, 4.69) is 15.1 Å². The number of nitrogens with zero attached hydrogens (tertiary/aromatic N) is 4. The van der Waals surface area contributed by atoms with Crippen molar-refractivity contribution in [3.63, 3.8) is 0 Å². The van der Waals surface area contributed by atoms with Gasteiger partial charge in [0.2, 0.25) is 5.82 Å². The van der Waals surface area contributed by atoms with Gasteiger partial charge in [-0.3, -0.25) is 4.79 Å². The van der Waals surface area contributed by atoms with Crippen LogP contribution < -0.4 is 5.73 Å². The number of nitrogen functional groups attached to an aromatic ring is 1. The molecule has 1 aromatic carbocycles. The Morgan fingerprint density at radius 3 is 2.70 bits per heavy atom. The lowest BCUT2D eigenvalue weighted by Crippen LogP contribution is -2.06. The first-order valence-electron chi connectivity index (χ1n) is 6.88. The zero-order valence-corrected chi connectivity index (χ0v) is 12.7. The number of anilines is 1. The molecule has 0 radical (unpaired) electrons. The van der Waals surface area contributed by atoms with Crippen LogP contribution >= 0.6 is 11.3 Å². The van der Waals surface area contributed by atoms with Gasteiger partial charge in [0.25, 0.3) is 0 Å². The number of rotatable bonds is 3. The number of ketones is 1. The van der Waals surface area contributed by atoms with Crippen molar-refractivity contribution in [1.29, 1.82) is 0 Å². The standard InChI is InChI=1S/C16H11N5OS/c17-12-8-11(14(22)10-4-2-1-3-5-10)9-13-19-15(20-21(12)13)16-18-6-7-23-16/h1-9H,17H2. The van der Waals surface area contributed by atoms with Crippen LogP contribution in [0.2, 0.25) is 0 Å². The first-order chi connectivity index (χ1) is 11.2. The van der Waals surface area contributed by atoms with Crippen molar-refractivity contribution < 1.29 is 4.79 Å². The third kappa shape index (κ3) is 2.36. The van der Waals surface area contributed by atoms with E-state index in [-0.39, 0.29) is 5.78 Å². The number of hydrogen-bond acceptors (Lipinski definition) is 6. The van der Waals surface area contributed by atoms with Crippen LogP contribution in [0.3, 0.4) is 0 Å². The average Bonchev–Trinajstić information content (AvgIpc) is 3.24. The molecule has 4 aromatic rings. The Balaban J connectivity index is 1.82. The molecule has 0 saturated carbocycles. The summed E-state index contributed by atoms with van der Waals surface area (Å²) in [6.45, 7) is 0. The summed E-state index contributed by atoms with van der Waals surface area (Å²) < 4.78 is 1.51. The minimum Gasteiger partial charge on any atom is -0.384 e. The van der Waals surface area contributed by atoms with Crippen LogP contribution in [0.25, 0.3) is 16.5 Å². The van der Waals surface area contributed by atoms with Crippen molar-refractivity contribution in [3.8, 4) is 10.8 Å². The molecule has 0 aliphatic carbocycles. The monoisotopic (exact) mass is 321 g/mol. The van der Waals surface area contributed by atoms with Crippen LogP contribution in [0.15, 0.2) is 54.0 Å². The summed E-state index contributed by atoms with van der Waals surface area (Å²) in [6.07, 6.45) is 1.69. The number of benzene rings is 1. The van der Waals surface area contributed by atoms with Crippen LogP contribution in [0.5, 0.6) is 0 Å². The van der Waals surface area contributed by atoms with Crippen LogP contribution in [0, 0.1) is 0 Å². The van der Waals surface area contributed by atoms with E-state index in [1.54, 1.807) is 30.5 Å². The van der Waals surface area contributed by atoms with Crippen LogP contribution in [0.4, 0.5) is 5.82 Å². The molecule has 7 heteroatoms. The Morgan fingerprint density at radius 2 is 1.96 bits per heavy atom. The molecule has 0 unspecified atom stereocenters. The molecular weight excluding hydrogens is 310 g/mol. The van der Waals surface area contributed by atoms with E-state index in [1.807, 2.05) is 23.6 Å². The van der Waals surface area contributed by atoms with Gasteiger partial charge in [-0.25, -0.2) is 9.97 Å². The summed E-state index contributed by atoms with van der Waals surface area (Å²) in [6, 6.07) is 12.4. The number of carbonyl (C=O) groups is 1. The molecule has 0 aliphatic rings. The SMILES string of the molecule is Nc1cc(C(=O)c2ccccc2)cc2nc(-c3nccs3)nn12. The third-order valence-corrected chi connectivity index (χ3v) is 4.16. The Labute approximate surface area is 135 Å². The van der Waals surface area contributed by atoms with E-state index in [4.69, 9.17) is 5.73 Å². The van der Waals surface area contributed by atoms with E-state index >= 15 is 0 Å². The predicted octanol–water partition coefficient (Wildman–Crippen LogP) is 2.67. The number of hydrogen-bond donors (Lipinski definition) is 1. The van der Waals surface area contributed by atoms with Gasteiger partial charge in [0.15, 0.2) is 16.4 Å². The number of nitrogens with two attached hydrogens (primary N) is 1. The van der Waals surface area contributed by atoms with E-state index in [0.717, 1.165) is 0 Å². The van der Waals surface area contributed by atoms with E-state index < -0.39 is 0 Å². The fourth-order valence-corrected chi connectivity index (χ4v) is 2.88. The van der Waals surface area contributed by atoms with E-state index in [1.165, 1.54) is 15.9 Å². The topological polar surface area (TPSA) is 86.2 Å². The van der Waals surface area contributed by atoms with Gasteiger partial charge >= 0.3 is 0 Å². The quantitative estimate of drug-likeness (QED) is 0.586. The maximum absolute atomic E-state index is 12.6. The predicted molar refractivity (Wildman–Crippen MR) is 88.4 cm³/mol. The molecule has 6 nitrogen and oxygen atoms in total. The second-order valence-corrected chi connectivity index (χ2v) is 5.80. The highest BCUT2D eigenvalue weighted by molar-refractivity contribution is 7.13. The van der Waals surface area contributed by atoms with Crippen molar-refractivity contribution in [2.45, 2.75) is 0 Å². The molecule has 112 valence electrons. The van der Waals surface area contributed by atoms with Crippen molar-refractivity contribution in [2.24, 2.45) is 0 Å². The summed E-state index contributed by atoms with van der Waals surface area (Å²) in [4.78, 5) is 21.2.